The summed E-state index contributed by atoms with van der Waals surface area (Å²) < 4.78 is 21.0. The maximum atomic E-state index is 13.5. The second-order valence-electron chi connectivity index (χ2n) is 8.90. The molecule has 0 amide bonds. The van der Waals surface area contributed by atoms with Crippen LogP contribution in [0.5, 0.6) is 0 Å². The second-order valence-corrected chi connectivity index (χ2v) is 8.90. The number of hydrogen-bond acceptors (Lipinski definition) is 6. The Morgan fingerprint density at radius 1 is 1.15 bits per heavy atom. The Balaban J connectivity index is 1.42. The molecule has 0 unspecified atom stereocenters. The van der Waals surface area contributed by atoms with E-state index >= 15 is 0 Å². The zero-order valence-electron chi connectivity index (χ0n) is 19.1. The van der Waals surface area contributed by atoms with Gasteiger partial charge in [0.2, 0.25) is 0 Å². The van der Waals surface area contributed by atoms with Crippen molar-refractivity contribution >= 4 is 10.9 Å². The maximum Gasteiger partial charge on any atom is 0.252 e. The van der Waals surface area contributed by atoms with Crippen molar-refractivity contribution in [2.24, 2.45) is 0 Å². The summed E-state index contributed by atoms with van der Waals surface area (Å²) in [5.74, 6) is 0.419. The number of rotatable bonds is 8. The van der Waals surface area contributed by atoms with Gasteiger partial charge < -0.3 is 9.72 Å². The Morgan fingerprint density at radius 2 is 2.00 bits per heavy atom. The van der Waals surface area contributed by atoms with Gasteiger partial charge in [-0.3, -0.25) is 9.69 Å². The van der Waals surface area contributed by atoms with E-state index in [1.54, 1.807) is 16.8 Å². The molecule has 8 nitrogen and oxygen atoms in total. The molecular weight excluding hydrogens is 435 g/mol. The normalized spacial score (nSPS) is 16.0. The van der Waals surface area contributed by atoms with Gasteiger partial charge in [0, 0.05) is 30.8 Å². The Morgan fingerprint density at radius 3 is 2.79 bits per heavy atom. The fourth-order valence-electron chi connectivity index (χ4n) is 4.40. The highest BCUT2D eigenvalue weighted by molar-refractivity contribution is 5.79. The molecular formula is C25H27FN6O2. The molecule has 1 fully saturated rings. The Labute approximate surface area is 196 Å². The molecule has 1 N–H and O–H groups in total. The van der Waals surface area contributed by atoms with Gasteiger partial charge in [-0.15, -0.1) is 5.10 Å². The molecule has 3 heterocycles. The summed E-state index contributed by atoms with van der Waals surface area (Å²) in [5.41, 5.74) is 3.40. The maximum absolute atomic E-state index is 13.5. The van der Waals surface area contributed by atoms with Crippen molar-refractivity contribution in [1.29, 1.82) is 0 Å². The molecule has 0 spiro atoms. The highest BCUT2D eigenvalue weighted by atomic mass is 19.1. The first-order valence-corrected chi connectivity index (χ1v) is 11.5. The number of ether oxygens (including phenoxy) is 1. The summed E-state index contributed by atoms with van der Waals surface area (Å²) in [6.45, 7) is 4.73. The molecule has 34 heavy (non-hydrogen) atoms. The number of aromatic nitrogens is 5. The van der Waals surface area contributed by atoms with Gasteiger partial charge in [-0.2, -0.15) is 0 Å². The molecule has 2 aromatic heterocycles. The summed E-state index contributed by atoms with van der Waals surface area (Å²) in [4.78, 5) is 17.9. The van der Waals surface area contributed by atoms with Crippen molar-refractivity contribution < 1.29 is 9.13 Å². The highest BCUT2D eigenvalue weighted by Crippen LogP contribution is 2.18. The van der Waals surface area contributed by atoms with Crippen molar-refractivity contribution in [1.82, 2.24) is 30.1 Å². The number of nitrogens with zero attached hydrogens (tertiary/aromatic N) is 5. The summed E-state index contributed by atoms with van der Waals surface area (Å²) in [6, 6.07) is 14.3. The monoisotopic (exact) mass is 462 g/mol. The molecule has 176 valence electrons. The van der Waals surface area contributed by atoms with Crippen molar-refractivity contribution in [3.8, 4) is 0 Å². The lowest BCUT2D eigenvalue weighted by atomic mass is 10.1. The van der Waals surface area contributed by atoms with E-state index in [-0.39, 0.29) is 17.5 Å². The minimum atomic E-state index is -0.280. The van der Waals surface area contributed by atoms with E-state index in [1.165, 1.54) is 12.1 Å². The van der Waals surface area contributed by atoms with Crippen LogP contribution in [-0.2, 0) is 30.9 Å². The SMILES string of the molecule is Cc1ccc2[nH]c(=O)c(CN(Cc3ccc(F)cc3)Cc3nnnn3C[C@@H]3CCCO3)cc2c1. The van der Waals surface area contributed by atoms with Crippen molar-refractivity contribution in [3.05, 3.63) is 87.2 Å². The number of benzene rings is 2. The molecule has 0 radical (unpaired) electrons. The smallest absolute Gasteiger partial charge is 0.252 e. The van der Waals surface area contributed by atoms with Crippen LogP contribution in [0.4, 0.5) is 4.39 Å². The minimum absolute atomic E-state index is 0.111. The quantitative estimate of drug-likeness (QED) is 0.432. The van der Waals surface area contributed by atoms with Gasteiger partial charge in [0.25, 0.3) is 5.56 Å². The number of hydrogen-bond donors (Lipinski definition) is 1. The van der Waals surface area contributed by atoms with E-state index in [4.69, 9.17) is 4.74 Å². The van der Waals surface area contributed by atoms with Gasteiger partial charge in [0.15, 0.2) is 5.82 Å². The van der Waals surface area contributed by atoms with Crippen LogP contribution in [0.3, 0.4) is 0 Å². The molecule has 1 atom stereocenters. The summed E-state index contributed by atoms with van der Waals surface area (Å²) in [5, 5.41) is 13.3. The molecule has 0 saturated carbocycles. The van der Waals surface area contributed by atoms with E-state index in [2.05, 4.69) is 31.5 Å². The number of aromatic amines is 1. The van der Waals surface area contributed by atoms with E-state index in [0.717, 1.165) is 41.5 Å². The topological polar surface area (TPSA) is 88.9 Å². The Bertz CT molecular complexity index is 1330. The number of nitrogens with one attached hydrogen (secondary N) is 1. The van der Waals surface area contributed by atoms with Gasteiger partial charge in [0.05, 0.1) is 19.2 Å². The van der Waals surface area contributed by atoms with Crippen LogP contribution in [0.1, 0.15) is 35.4 Å². The molecule has 9 heteroatoms. The number of aryl methyl sites for hydroxylation is 1. The Hall–Kier alpha value is -3.43. The van der Waals surface area contributed by atoms with E-state index in [0.29, 0.717) is 37.6 Å². The molecule has 4 aromatic rings. The van der Waals surface area contributed by atoms with Crippen LogP contribution in [0, 0.1) is 12.7 Å². The largest absolute Gasteiger partial charge is 0.376 e. The summed E-state index contributed by atoms with van der Waals surface area (Å²) in [6.07, 6.45) is 2.15. The second kappa shape index (κ2) is 9.82. The molecule has 2 aromatic carbocycles. The fourth-order valence-corrected chi connectivity index (χ4v) is 4.40. The lowest BCUT2D eigenvalue weighted by molar-refractivity contribution is 0.0914. The third-order valence-corrected chi connectivity index (χ3v) is 6.16. The van der Waals surface area contributed by atoms with Crippen molar-refractivity contribution in [2.45, 2.75) is 52.0 Å². The van der Waals surface area contributed by atoms with Crippen LogP contribution >= 0.6 is 0 Å². The van der Waals surface area contributed by atoms with Gasteiger partial charge in [-0.25, -0.2) is 9.07 Å². The summed E-state index contributed by atoms with van der Waals surface area (Å²) >= 11 is 0. The van der Waals surface area contributed by atoms with Crippen LogP contribution < -0.4 is 5.56 Å². The first-order chi connectivity index (χ1) is 16.5. The fraction of sp³-hybridized carbons (Fsp3) is 0.360. The first kappa shape index (κ1) is 22.4. The average Bonchev–Trinajstić information content (AvgIpc) is 3.49. The van der Waals surface area contributed by atoms with Crippen LogP contribution in [0.15, 0.2) is 53.3 Å². The third-order valence-electron chi connectivity index (χ3n) is 6.16. The predicted octanol–water partition coefficient (Wildman–Crippen LogP) is 3.34. The summed E-state index contributed by atoms with van der Waals surface area (Å²) in [7, 11) is 0. The molecule has 0 aliphatic carbocycles. The number of halogens is 1. The molecule has 1 aliphatic heterocycles. The lowest BCUT2D eigenvalue weighted by Gasteiger charge is -2.22. The first-order valence-electron chi connectivity index (χ1n) is 11.5. The van der Waals surface area contributed by atoms with Crippen LogP contribution in [0.2, 0.25) is 0 Å². The van der Waals surface area contributed by atoms with Gasteiger partial charge in [-0.05, 0) is 71.5 Å². The molecule has 5 rings (SSSR count). The zero-order valence-corrected chi connectivity index (χ0v) is 19.1. The average molecular weight is 463 g/mol. The van der Waals surface area contributed by atoms with E-state index in [1.807, 2.05) is 25.1 Å². The number of pyridine rings is 1. The molecule has 1 aliphatic rings. The highest BCUT2D eigenvalue weighted by Gasteiger charge is 2.21. The van der Waals surface area contributed by atoms with Crippen LogP contribution in [-0.4, -0.2) is 42.8 Å². The lowest BCUT2D eigenvalue weighted by Crippen LogP contribution is -2.29. The predicted molar refractivity (Wildman–Crippen MR) is 125 cm³/mol. The standard InChI is InChI=1S/C25H27FN6O2/c1-17-4-9-23-19(11-17)12-20(25(33)27-23)14-31(13-18-5-7-21(26)8-6-18)16-24-28-29-30-32(24)15-22-3-2-10-34-22/h4-9,11-12,22H,2-3,10,13-16H2,1H3,(H,27,33)/t22-/m0/s1. The number of H-pyrrole nitrogens is 1. The van der Waals surface area contributed by atoms with Crippen LogP contribution in [0.25, 0.3) is 10.9 Å². The number of fused-ring (bicyclic) bond motifs is 1. The Kier molecular flexibility index (Phi) is 6.46. The van der Waals surface area contributed by atoms with Gasteiger partial charge in [-0.1, -0.05) is 23.8 Å². The van der Waals surface area contributed by atoms with E-state index < -0.39 is 0 Å². The van der Waals surface area contributed by atoms with Crippen molar-refractivity contribution in [3.63, 3.8) is 0 Å². The van der Waals surface area contributed by atoms with Gasteiger partial charge >= 0.3 is 0 Å². The minimum Gasteiger partial charge on any atom is -0.376 e. The zero-order chi connectivity index (χ0) is 23.5. The van der Waals surface area contributed by atoms with E-state index in [9.17, 15) is 9.18 Å². The molecule has 1 saturated heterocycles. The van der Waals surface area contributed by atoms with Crippen molar-refractivity contribution in [2.75, 3.05) is 6.61 Å². The van der Waals surface area contributed by atoms with Gasteiger partial charge in [0.1, 0.15) is 5.82 Å². The third kappa shape index (κ3) is 5.21. The molecule has 0 bridgehead atoms. The number of tetrazole rings is 1.